The predicted octanol–water partition coefficient (Wildman–Crippen LogP) is 4.31. The van der Waals surface area contributed by atoms with E-state index < -0.39 is 26.9 Å². The van der Waals surface area contributed by atoms with E-state index in [0.29, 0.717) is 13.0 Å². The number of carbonyl (C=O) groups is 1. The minimum Gasteiger partial charge on any atom is -0.443 e. The van der Waals surface area contributed by atoms with Gasteiger partial charge in [0.15, 0.2) is 9.84 Å². The molecule has 0 saturated carbocycles. The molecule has 0 aromatic heterocycles. The van der Waals surface area contributed by atoms with Gasteiger partial charge in [-0.15, -0.1) is 0 Å². The zero-order chi connectivity index (χ0) is 21.9. The van der Waals surface area contributed by atoms with Gasteiger partial charge >= 0.3 is 6.09 Å². The minimum atomic E-state index is -3.57. The summed E-state index contributed by atoms with van der Waals surface area (Å²) in [5, 5.41) is 2.16. The van der Waals surface area contributed by atoms with Crippen molar-refractivity contribution < 1.29 is 17.9 Å². The third-order valence-electron chi connectivity index (χ3n) is 5.26. The van der Waals surface area contributed by atoms with Gasteiger partial charge in [0.2, 0.25) is 0 Å². The van der Waals surface area contributed by atoms with Gasteiger partial charge in [-0.3, -0.25) is 10.2 Å². The summed E-state index contributed by atoms with van der Waals surface area (Å²) in [6.07, 6.45) is 5.61. The van der Waals surface area contributed by atoms with Crippen LogP contribution in [0.25, 0.3) is 6.08 Å². The first-order valence-corrected chi connectivity index (χ1v) is 12.1. The highest BCUT2D eigenvalue weighted by Gasteiger charge is 2.48. The van der Waals surface area contributed by atoms with Crippen molar-refractivity contribution in [2.24, 2.45) is 5.92 Å². The lowest BCUT2D eigenvalue weighted by Gasteiger charge is -2.29. The maximum absolute atomic E-state index is 13.1. The Hall–Kier alpha value is -2.12. The van der Waals surface area contributed by atoms with Crippen molar-refractivity contribution in [1.82, 2.24) is 10.2 Å². The highest BCUT2D eigenvalue weighted by molar-refractivity contribution is 7.91. The number of fused-ring (bicyclic) bond motifs is 1. The molecule has 2 aliphatic rings. The Morgan fingerprint density at radius 1 is 1.27 bits per heavy atom. The molecule has 1 N–H and O–H groups in total. The van der Waals surface area contributed by atoms with Crippen LogP contribution in [0.1, 0.15) is 52.5 Å². The topological polar surface area (TPSA) is 75.7 Å². The molecule has 0 bridgehead atoms. The fourth-order valence-electron chi connectivity index (χ4n) is 4.01. The van der Waals surface area contributed by atoms with Crippen LogP contribution >= 0.6 is 0 Å². The van der Waals surface area contributed by atoms with Crippen LogP contribution in [0, 0.1) is 5.92 Å². The first-order chi connectivity index (χ1) is 14.1. The molecule has 1 amide bonds. The maximum atomic E-state index is 13.1. The molecule has 6 nitrogen and oxygen atoms in total. The van der Waals surface area contributed by atoms with Gasteiger partial charge in [-0.1, -0.05) is 48.1 Å². The molecule has 1 aliphatic heterocycles. The highest BCUT2D eigenvalue weighted by atomic mass is 32.2. The number of hydrogen-bond donors (Lipinski definition) is 1. The monoisotopic (exact) mass is 432 g/mol. The number of sulfone groups is 1. The Kier molecular flexibility index (Phi) is 6.72. The fourth-order valence-corrected chi connectivity index (χ4v) is 5.64. The molecule has 1 aromatic rings. The number of allylic oxidation sites excluding steroid dienone is 2. The molecule has 1 fully saturated rings. The lowest BCUT2D eigenvalue weighted by molar-refractivity contribution is 0.0317. The van der Waals surface area contributed by atoms with Crippen LogP contribution in [0.3, 0.4) is 0 Å². The Morgan fingerprint density at radius 2 is 1.97 bits per heavy atom. The first-order valence-electron chi connectivity index (χ1n) is 10.4. The van der Waals surface area contributed by atoms with Crippen LogP contribution < -0.4 is 5.32 Å². The first kappa shape index (κ1) is 22.6. The third kappa shape index (κ3) is 5.52. The summed E-state index contributed by atoms with van der Waals surface area (Å²) in [6, 6.07) is 9.90. The molecule has 30 heavy (non-hydrogen) atoms. The van der Waals surface area contributed by atoms with Crippen LogP contribution in [-0.4, -0.2) is 42.8 Å². The van der Waals surface area contributed by atoms with Gasteiger partial charge < -0.3 is 4.74 Å². The quantitative estimate of drug-likeness (QED) is 0.725. The summed E-state index contributed by atoms with van der Waals surface area (Å²) in [6.45, 7) is 7.78. The van der Waals surface area contributed by atoms with Crippen molar-refractivity contribution in [2.45, 2.75) is 57.9 Å². The molecule has 3 rings (SSSR count). The summed E-state index contributed by atoms with van der Waals surface area (Å²) < 4.78 is 31.8. The van der Waals surface area contributed by atoms with E-state index in [1.807, 2.05) is 49.4 Å². The standard InChI is InChI=1S/C23H32N2O4S/c1-17(13-18-9-6-5-7-10-18)15-24-16-30(27,28)21-14-19-11-8-12-20(19)25(21)22(26)29-23(2,3)4/h5-7,9-10,12-13,19,21,24H,8,11,14-16H2,1-4H3/t19?,21-/m0/s1. The molecule has 0 radical (unpaired) electrons. The number of nitrogens with one attached hydrogen (secondary N) is 1. The van der Waals surface area contributed by atoms with E-state index >= 15 is 0 Å². The second-order valence-corrected chi connectivity index (χ2v) is 11.2. The Bertz CT molecular complexity index is 930. The Labute approximate surface area is 179 Å². The van der Waals surface area contributed by atoms with E-state index in [1.54, 1.807) is 20.8 Å². The molecule has 1 unspecified atom stereocenters. The SMILES string of the molecule is CC(=Cc1ccccc1)CNCS(=O)(=O)[C@H]1CC2CCC=C2N1C(=O)OC(C)(C)C. The van der Waals surface area contributed by atoms with Crippen LogP contribution in [-0.2, 0) is 14.6 Å². The van der Waals surface area contributed by atoms with Crippen molar-refractivity contribution >= 4 is 22.0 Å². The van der Waals surface area contributed by atoms with E-state index in [0.717, 1.165) is 29.7 Å². The lowest BCUT2D eigenvalue weighted by atomic mass is 10.1. The van der Waals surface area contributed by atoms with Crippen molar-refractivity contribution in [3.63, 3.8) is 0 Å². The molecular weight excluding hydrogens is 400 g/mol. The van der Waals surface area contributed by atoms with E-state index in [4.69, 9.17) is 4.74 Å². The molecule has 164 valence electrons. The van der Waals surface area contributed by atoms with Crippen LogP contribution in [0.5, 0.6) is 0 Å². The summed E-state index contributed by atoms with van der Waals surface area (Å²) in [5.74, 6) is -0.0753. The molecule has 1 aromatic carbocycles. The number of rotatable bonds is 6. The number of amides is 1. The molecular formula is C23H32N2O4S. The number of nitrogens with zero attached hydrogens (tertiary/aromatic N) is 1. The van der Waals surface area contributed by atoms with Gasteiger partial charge in [0.05, 0.1) is 0 Å². The summed E-state index contributed by atoms with van der Waals surface area (Å²) in [7, 11) is -3.57. The number of ether oxygens (including phenoxy) is 1. The second-order valence-electron chi connectivity index (χ2n) is 9.08. The molecule has 1 saturated heterocycles. The number of likely N-dealkylation sites (tertiary alicyclic amines) is 1. The zero-order valence-electron chi connectivity index (χ0n) is 18.2. The average molecular weight is 433 g/mol. The summed E-state index contributed by atoms with van der Waals surface area (Å²) >= 11 is 0. The molecule has 0 spiro atoms. The molecule has 2 atom stereocenters. The molecule has 7 heteroatoms. The fraction of sp³-hybridized carbons (Fsp3) is 0.522. The third-order valence-corrected chi connectivity index (χ3v) is 7.10. The van der Waals surface area contributed by atoms with Gasteiger partial charge in [0.1, 0.15) is 16.9 Å². The van der Waals surface area contributed by atoms with Gasteiger partial charge in [-0.25, -0.2) is 13.2 Å². The van der Waals surface area contributed by atoms with Gasteiger partial charge in [0.25, 0.3) is 0 Å². The van der Waals surface area contributed by atoms with Crippen LogP contribution in [0.4, 0.5) is 4.79 Å². The predicted molar refractivity (Wildman–Crippen MR) is 119 cm³/mol. The molecule has 1 aliphatic carbocycles. The van der Waals surface area contributed by atoms with Gasteiger partial charge in [-0.05, 0) is 52.5 Å². The largest absolute Gasteiger partial charge is 0.443 e. The highest BCUT2D eigenvalue weighted by Crippen LogP contribution is 2.43. The maximum Gasteiger partial charge on any atom is 0.415 e. The smallest absolute Gasteiger partial charge is 0.415 e. The second kappa shape index (κ2) is 8.94. The van der Waals surface area contributed by atoms with Crippen LogP contribution in [0.2, 0.25) is 0 Å². The normalized spacial score (nSPS) is 22.1. The van der Waals surface area contributed by atoms with Crippen molar-refractivity contribution in [2.75, 3.05) is 12.4 Å². The van der Waals surface area contributed by atoms with E-state index in [9.17, 15) is 13.2 Å². The van der Waals surface area contributed by atoms with Crippen LogP contribution in [0.15, 0.2) is 47.7 Å². The van der Waals surface area contributed by atoms with E-state index in [-0.39, 0.29) is 11.8 Å². The Balaban J connectivity index is 1.67. The Morgan fingerprint density at radius 3 is 2.63 bits per heavy atom. The summed E-state index contributed by atoms with van der Waals surface area (Å²) in [5.41, 5.74) is 2.23. The minimum absolute atomic E-state index is 0.108. The number of benzene rings is 1. The summed E-state index contributed by atoms with van der Waals surface area (Å²) in [4.78, 5) is 14.2. The van der Waals surface area contributed by atoms with Crippen molar-refractivity contribution in [1.29, 1.82) is 0 Å². The van der Waals surface area contributed by atoms with Crippen molar-refractivity contribution in [3.8, 4) is 0 Å². The van der Waals surface area contributed by atoms with Gasteiger partial charge in [-0.2, -0.15) is 0 Å². The zero-order valence-corrected chi connectivity index (χ0v) is 19.0. The lowest BCUT2D eigenvalue weighted by Crippen LogP contribution is -2.45. The van der Waals surface area contributed by atoms with E-state index in [1.165, 1.54) is 4.90 Å². The average Bonchev–Trinajstić information content (AvgIpc) is 3.22. The van der Waals surface area contributed by atoms with Crippen molar-refractivity contribution in [3.05, 3.63) is 53.2 Å². The van der Waals surface area contributed by atoms with Gasteiger partial charge in [0, 0.05) is 18.2 Å². The van der Waals surface area contributed by atoms with E-state index in [2.05, 4.69) is 5.32 Å². The number of hydrogen-bond acceptors (Lipinski definition) is 5. The number of carbonyl (C=O) groups excluding carboxylic acids is 1. The molecule has 1 heterocycles.